The van der Waals surface area contributed by atoms with Gasteiger partial charge in [-0.15, -0.1) is 0 Å². The molecule has 0 fully saturated rings. The molecule has 1 aromatic rings. The van der Waals surface area contributed by atoms with Gasteiger partial charge < -0.3 is 10.1 Å². The van der Waals surface area contributed by atoms with E-state index in [9.17, 15) is 14.4 Å². The number of rotatable bonds is 9. The van der Waals surface area contributed by atoms with Crippen LogP contribution in [-0.2, 0) is 25.5 Å². The molecule has 1 N–H and O–H groups in total. The zero-order valence-corrected chi connectivity index (χ0v) is 16.1. The van der Waals surface area contributed by atoms with Crippen LogP contribution >= 0.6 is 11.8 Å². The second-order valence-electron chi connectivity index (χ2n) is 6.34. The van der Waals surface area contributed by atoms with Crippen molar-refractivity contribution in [3.05, 3.63) is 35.9 Å². The predicted molar refractivity (Wildman–Crippen MR) is 100 cm³/mol. The van der Waals surface area contributed by atoms with Crippen molar-refractivity contribution < 1.29 is 19.1 Å². The number of benzene rings is 1. The van der Waals surface area contributed by atoms with E-state index in [-0.39, 0.29) is 16.9 Å². The monoisotopic (exact) mass is 365 g/mol. The lowest BCUT2D eigenvalue weighted by molar-refractivity contribution is -0.145. The summed E-state index contributed by atoms with van der Waals surface area (Å²) in [5, 5.41) is 2.10. The number of nitrogens with one attached hydrogen (secondary N) is 1. The molecule has 0 radical (unpaired) electrons. The number of aryl methyl sites for hydroxylation is 1. The van der Waals surface area contributed by atoms with E-state index < -0.39 is 17.3 Å². The first kappa shape index (κ1) is 21.2. The summed E-state index contributed by atoms with van der Waals surface area (Å²) >= 11 is 1.00. The number of methoxy groups -OCH3 is 1. The van der Waals surface area contributed by atoms with Crippen LogP contribution in [-0.4, -0.2) is 35.4 Å². The van der Waals surface area contributed by atoms with Crippen LogP contribution in [0.5, 0.6) is 0 Å². The van der Waals surface area contributed by atoms with Gasteiger partial charge in [-0.25, -0.2) is 4.79 Å². The Morgan fingerprint density at radius 1 is 1.16 bits per heavy atom. The second-order valence-corrected chi connectivity index (χ2v) is 7.72. The van der Waals surface area contributed by atoms with Crippen LogP contribution in [0.2, 0.25) is 0 Å². The van der Waals surface area contributed by atoms with E-state index in [1.54, 1.807) is 0 Å². The number of amides is 1. The van der Waals surface area contributed by atoms with Gasteiger partial charge in [-0.1, -0.05) is 55.9 Å². The highest BCUT2D eigenvalue weighted by atomic mass is 32.2. The molecule has 0 spiro atoms. The fraction of sp³-hybridized carbons (Fsp3) is 0.526. The first-order valence-electron chi connectivity index (χ1n) is 8.42. The fourth-order valence-electron chi connectivity index (χ4n) is 2.48. The molecule has 1 rings (SSSR count). The largest absolute Gasteiger partial charge is 0.467 e. The summed E-state index contributed by atoms with van der Waals surface area (Å²) in [6.07, 6.45) is 1.70. The first-order chi connectivity index (χ1) is 11.8. The van der Waals surface area contributed by atoms with E-state index in [0.29, 0.717) is 19.3 Å². The fourth-order valence-corrected chi connectivity index (χ4v) is 3.29. The average molecular weight is 365 g/mol. The standard InChI is InChI=1S/C19H27NO4S/c1-13(2)12-16(19(23)24-4)20-18(22)17(25-14(3)21)11-10-15-8-6-5-7-9-15/h5-9,13,16-17H,10-12H2,1-4H3,(H,20,22)/t16-,17?/m0/s1. The van der Waals surface area contributed by atoms with Crippen LogP contribution in [0.15, 0.2) is 30.3 Å². The van der Waals surface area contributed by atoms with Crippen molar-refractivity contribution in [1.29, 1.82) is 0 Å². The van der Waals surface area contributed by atoms with Crippen LogP contribution in [0, 0.1) is 5.92 Å². The minimum absolute atomic E-state index is 0.119. The Balaban J connectivity index is 2.76. The van der Waals surface area contributed by atoms with E-state index in [1.165, 1.54) is 14.0 Å². The third-order valence-electron chi connectivity index (χ3n) is 3.65. The predicted octanol–water partition coefficient (Wildman–Crippen LogP) is 2.97. The number of carbonyl (C=O) groups excluding carboxylic acids is 3. The highest BCUT2D eigenvalue weighted by Crippen LogP contribution is 2.19. The number of esters is 1. The summed E-state index contributed by atoms with van der Waals surface area (Å²) in [5.74, 6) is -0.531. The van der Waals surface area contributed by atoms with E-state index in [2.05, 4.69) is 5.32 Å². The lowest BCUT2D eigenvalue weighted by Gasteiger charge is -2.21. The molecule has 25 heavy (non-hydrogen) atoms. The smallest absolute Gasteiger partial charge is 0.328 e. The second kappa shape index (κ2) is 10.9. The molecule has 138 valence electrons. The van der Waals surface area contributed by atoms with E-state index in [0.717, 1.165) is 17.3 Å². The number of hydrogen-bond donors (Lipinski definition) is 1. The third-order valence-corrected chi connectivity index (χ3v) is 4.71. The van der Waals surface area contributed by atoms with Crippen LogP contribution in [0.25, 0.3) is 0 Å². The topological polar surface area (TPSA) is 72.5 Å². The molecule has 1 unspecified atom stereocenters. The van der Waals surface area contributed by atoms with Crippen LogP contribution < -0.4 is 5.32 Å². The summed E-state index contributed by atoms with van der Waals surface area (Å²) < 4.78 is 4.78. The molecule has 0 aromatic heterocycles. The van der Waals surface area contributed by atoms with Crippen LogP contribution in [0.3, 0.4) is 0 Å². The van der Waals surface area contributed by atoms with Gasteiger partial charge in [0.05, 0.1) is 12.4 Å². The summed E-state index contributed by atoms with van der Waals surface area (Å²) in [5.41, 5.74) is 1.11. The Bertz CT molecular complexity index is 574. The maximum Gasteiger partial charge on any atom is 0.328 e. The van der Waals surface area contributed by atoms with Crippen molar-refractivity contribution in [2.45, 2.75) is 51.3 Å². The summed E-state index contributed by atoms with van der Waals surface area (Å²) in [6, 6.07) is 9.11. The molecule has 0 saturated carbocycles. The number of hydrogen-bond acceptors (Lipinski definition) is 5. The Kier molecular flexibility index (Phi) is 9.27. The molecule has 5 nitrogen and oxygen atoms in total. The summed E-state index contributed by atoms with van der Waals surface area (Å²) in [6.45, 7) is 5.39. The maximum atomic E-state index is 12.6. The van der Waals surface area contributed by atoms with Crippen molar-refractivity contribution in [1.82, 2.24) is 5.32 Å². The number of carbonyl (C=O) groups is 3. The molecule has 0 aliphatic carbocycles. The van der Waals surface area contributed by atoms with E-state index in [1.807, 2.05) is 44.2 Å². The van der Waals surface area contributed by atoms with Crippen molar-refractivity contribution in [3.63, 3.8) is 0 Å². The van der Waals surface area contributed by atoms with Gasteiger partial charge in [0.1, 0.15) is 6.04 Å². The minimum atomic E-state index is -0.690. The minimum Gasteiger partial charge on any atom is -0.467 e. The molecule has 0 saturated heterocycles. The van der Waals surface area contributed by atoms with Crippen LogP contribution in [0.4, 0.5) is 0 Å². The summed E-state index contributed by atoms with van der Waals surface area (Å²) in [4.78, 5) is 36.0. The van der Waals surface area contributed by atoms with Crippen molar-refractivity contribution in [2.75, 3.05) is 7.11 Å². The Morgan fingerprint density at radius 2 is 1.80 bits per heavy atom. The first-order valence-corrected chi connectivity index (χ1v) is 9.30. The lowest BCUT2D eigenvalue weighted by Crippen LogP contribution is -2.46. The van der Waals surface area contributed by atoms with Crippen molar-refractivity contribution in [2.24, 2.45) is 5.92 Å². The van der Waals surface area contributed by atoms with Gasteiger partial charge in [-0.05, 0) is 30.7 Å². The Labute approximate surface area is 153 Å². The average Bonchev–Trinajstić information content (AvgIpc) is 2.57. The molecule has 2 atom stereocenters. The number of ether oxygens (including phenoxy) is 1. The molecule has 1 aromatic carbocycles. The van der Waals surface area contributed by atoms with Crippen LogP contribution in [0.1, 0.15) is 39.2 Å². The quantitative estimate of drug-likeness (QED) is 0.681. The number of thioether (sulfide) groups is 1. The normalized spacial score (nSPS) is 13.2. The molecule has 0 aliphatic rings. The molecular weight excluding hydrogens is 338 g/mol. The highest BCUT2D eigenvalue weighted by Gasteiger charge is 2.28. The van der Waals surface area contributed by atoms with Gasteiger partial charge in [0.15, 0.2) is 5.12 Å². The van der Waals surface area contributed by atoms with Gasteiger partial charge in [-0.2, -0.15) is 0 Å². The van der Waals surface area contributed by atoms with Gasteiger partial charge in [0.2, 0.25) is 5.91 Å². The van der Waals surface area contributed by atoms with Gasteiger partial charge in [0.25, 0.3) is 0 Å². The zero-order valence-electron chi connectivity index (χ0n) is 15.3. The maximum absolute atomic E-state index is 12.6. The lowest BCUT2D eigenvalue weighted by atomic mass is 10.0. The van der Waals surface area contributed by atoms with Gasteiger partial charge >= 0.3 is 5.97 Å². The summed E-state index contributed by atoms with van der Waals surface area (Å²) in [7, 11) is 1.30. The Hall–Kier alpha value is -1.82. The molecule has 0 heterocycles. The van der Waals surface area contributed by atoms with Crippen molar-refractivity contribution in [3.8, 4) is 0 Å². The molecule has 0 bridgehead atoms. The van der Waals surface area contributed by atoms with Gasteiger partial charge in [0, 0.05) is 6.92 Å². The Morgan fingerprint density at radius 3 is 2.32 bits per heavy atom. The molecule has 1 amide bonds. The third kappa shape index (κ3) is 8.20. The SMILES string of the molecule is COC(=O)[C@H](CC(C)C)NC(=O)C(CCc1ccccc1)SC(C)=O. The van der Waals surface area contributed by atoms with Gasteiger partial charge in [-0.3, -0.25) is 9.59 Å². The van der Waals surface area contributed by atoms with E-state index >= 15 is 0 Å². The zero-order chi connectivity index (χ0) is 18.8. The molecule has 0 aliphatic heterocycles. The highest BCUT2D eigenvalue weighted by molar-refractivity contribution is 8.14. The molecular formula is C19H27NO4S. The van der Waals surface area contributed by atoms with Crippen molar-refractivity contribution >= 4 is 28.8 Å². The molecule has 6 heteroatoms. The van der Waals surface area contributed by atoms with E-state index in [4.69, 9.17) is 4.74 Å².